The van der Waals surface area contributed by atoms with Crippen LogP contribution < -0.4 is 15.8 Å². The molecular formula is C16H16N6O3. The van der Waals surface area contributed by atoms with E-state index in [1.807, 2.05) is 30.3 Å². The van der Waals surface area contributed by atoms with Gasteiger partial charge < -0.3 is 15.8 Å². The number of nitrogen functional groups attached to an aromatic ring is 1. The molecule has 0 aliphatic heterocycles. The lowest BCUT2D eigenvalue weighted by Gasteiger charge is -2.09. The summed E-state index contributed by atoms with van der Waals surface area (Å²) in [5.74, 6) is 0.810. The van der Waals surface area contributed by atoms with Gasteiger partial charge in [-0.05, 0) is 18.6 Å². The minimum Gasteiger partial charge on any atom is -0.491 e. The van der Waals surface area contributed by atoms with Crippen molar-refractivity contribution in [3.8, 4) is 5.75 Å². The number of pyridine rings is 1. The maximum absolute atomic E-state index is 10.7. The van der Waals surface area contributed by atoms with Crippen LogP contribution in [-0.4, -0.2) is 33.0 Å². The molecule has 0 fully saturated rings. The fraction of sp³-hybridized carbons (Fsp3) is 0.188. The van der Waals surface area contributed by atoms with Gasteiger partial charge in [0.25, 0.3) is 0 Å². The SMILES string of the molecule is Nc1nc(NCCCOc2cccc3cccnc23)ncc1[N+](=O)[O-]. The molecule has 9 heteroatoms. The molecule has 0 bridgehead atoms. The first-order valence-corrected chi connectivity index (χ1v) is 7.62. The van der Waals surface area contributed by atoms with Crippen molar-refractivity contribution < 1.29 is 9.66 Å². The molecule has 25 heavy (non-hydrogen) atoms. The first-order valence-electron chi connectivity index (χ1n) is 7.62. The second-order valence-corrected chi connectivity index (χ2v) is 5.18. The minimum atomic E-state index is -0.620. The minimum absolute atomic E-state index is 0.166. The Morgan fingerprint density at radius 1 is 1.24 bits per heavy atom. The Balaban J connectivity index is 1.50. The Labute approximate surface area is 143 Å². The summed E-state index contributed by atoms with van der Waals surface area (Å²) < 4.78 is 5.77. The molecule has 2 heterocycles. The largest absolute Gasteiger partial charge is 0.491 e. The highest BCUT2D eigenvalue weighted by atomic mass is 16.6. The highest BCUT2D eigenvalue weighted by molar-refractivity contribution is 5.84. The van der Waals surface area contributed by atoms with Crippen LogP contribution in [-0.2, 0) is 0 Å². The van der Waals surface area contributed by atoms with Crippen molar-refractivity contribution in [3.63, 3.8) is 0 Å². The second-order valence-electron chi connectivity index (χ2n) is 5.18. The fourth-order valence-electron chi connectivity index (χ4n) is 2.26. The van der Waals surface area contributed by atoms with Gasteiger partial charge in [0, 0.05) is 18.1 Å². The average Bonchev–Trinajstić information content (AvgIpc) is 2.61. The molecule has 1 aromatic carbocycles. The number of aromatic nitrogens is 3. The van der Waals surface area contributed by atoms with Crippen molar-refractivity contribution >= 4 is 28.4 Å². The predicted molar refractivity (Wildman–Crippen MR) is 93.4 cm³/mol. The maximum atomic E-state index is 10.7. The van der Waals surface area contributed by atoms with Gasteiger partial charge in [-0.3, -0.25) is 15.1 Å². The molecule has 0 unspecified atom stereocenters. The number of benzene rings is 1. The lowest BCUT2D eigenvalue weighted by Crippen LogP contribution is -2.11. The Morgan fingerprint density at radius 3 is 2.88 bits per heavy atom. The van der Waals surface area contributed by atoms with E-state index < -0.39 is 4.92 Å². The first kappa shape index (κ1) is 16.4. The summed E-state index contributed by atoms with van der Waals surface area (Å²) in [5.41, 5.74) is 6.03. The molecule has 0 atom stereocenters. The third-order valence-corrected chi connectivity index (χ3v) is 3.45. The molecule has 0 aliphatic carbocycles. The highest BCUT2D eigenvalue weighted by Gasteiger charge is 2.13. The summed E-state index contributed by atoms with van der Waals surface area (Å²) >= 11 is 0. The van der Waals surface area contributed by atoms with Crippen LogP contribution in [0.2, 0.25) is 0 Å². The van der Waals surface area contributed by atoms with Crippen LogP contribution in [0.4, 0.5) is 17.5 Å². The summed E-state index contributed by atoms with van der Waals surface area (Å²) in [7, 11) is 0. The normalized spacial score (nSPS) is 10.6. The summed E-state index contributed by atoms with van der Waals surface area (Å²) in [6, 6.07) is 9.64. The van der Waals surface area contributed by atoms with E-state index >= 15 is 0 Å². The van der Waals surface area contributed by atoms with Crippen molar-refractivity contribution in [3.05, 3.63) is 52.8 Å². The number of ether oxygens (including phenoxy) is 1. The van der Waals surface area contributed by atoms with E-state index in [2.05, 4.69) is 20.3 Å². The van der Waals surface area contributed by atoms with E-state index in [9.17, 15) is 10.1 Å². The quantitative estimate of drug-likeness (QED) is 0.381. The Hall–Kier alpha value is -3.49. The molecule has 128 valence electrons. The van der Waals surface area contributed by atoms with Gasteiger partial charge in [-0.1, -0.05) is 18.2 Å². The van der Waals surface area contributed by atoms with Crippen molar-refractivity contribution in [1.29, 1.82) is 0 Å². The monoisotopic (exact) mass is 340 g/mol. The van der Waals surface area contributed by atoms with Crippen molar-refractivity contribution in [1.82, 2.24) is 15.0 Å². The molecular weight excluding hydrogens is 324 g/mol. The Bertz CT molecular complexity index is 897. The van der Waals surface area contributed by atoms with E-state index in [0.717, 1.165) is 22.8 Å². The van der Waals surface area contributed by atoms with E-state index in [4.69, 9.17) is 10.5 Å². The van der Waals surface area contributed by atoms with Gasteiger partial charge in [0.1, 0.15) is 17.5 Å². The lowest BCUT2D eigenvalue weighted by molar-refractivity contribution is -0.384. The number of nitrogens with zero attached hydrogens (tertiary/aromatic N) is 4. The van der Waals surface area contributed by atoms with E-state index in [-0.39, 0.29) is 17.5 Å². The zero-order valence-corrected chi connectivity index (χ0v) is 13.3. The van der Waals surface area contributed by atoms with Crippen LogP contribution in [0.25, 0.3) is 10.9 Å². The zero-order valence-electron chi connectivity index (χ0n) is 13.3. The van der Waals surface area contributed by atoms with Gasteiger partial charge in [0.05, 0.1) is 11.5 Å². The first-order chi connectivity index (χ1) is 12.1. The zero-order chi connectivity index (χ0) is 17.6. The van der Waals surface area contributed by atoms with Gasteiger partial charge in [-0.15, -0.1) is 0 Å². The number of nitrogens with two attached hydrogens (primary N) is 1. The van der Waals surface area contributed by atoms with Gasteiger partial charge in [0.2, 0.25) is 11.8 Å². The molecule has 2 aromatic heterocycles. The number of rotatable bonds is 7. The van der Waals surface area contributed by atoms with Crippen molar-refractivity contribution in [2.24, 2.45) is 0 Å². The number of hydrogen-bond acceptors (Lipinski definition) is 8. The molecule has 0 spiro atoms. The second kappa shape index (κ2) is 7.39. The third-order valence-electron chi connectivity index (χ3n) is 3.45. The molecule has 0 radical (unpaired) electrons. The van der Waals surface area contributed by atoms with E-state index in [1.165, 1.54) is 0 Å². The van der Waals surface area contributed by atoms with Gasteiger partial charge >= 0.3 is 5.69 Å². The van der Waals surface area contributed by atoms with Crippen molar-refractivity contribution in [2.45, 2.75) is 6.42 Å². The van der Waals surface area contributed by atoms with Crippen LogP contribution in [0.5, 0.6) is 5.75 Å². The molecule has 3 aromatic rings. The van der Waals surface area contributed by atoms with Gasteiger partial charge in [-0.2, -0.15) is 4.98 Å². The third kappa shape index (κ3) is 3.89. The maximum Gasteiger partial charge on any atom is 0.329 e. The van der Waals surface area contributed by atoms with Crippen LogP contribution in [0.3, 0.4) is 0 Å². The number of hydrogen-bond donors (Lipinski definition) is 2. The summed E-state index contributed by atoms with van der Waals surface area (Å²) in [5, 5.41) is 14.6. The van der Waals surface area contributed by atoms with Crippen LogP contribution in [0, 0.1) is 10.1 Å². The molecule has 0 amide bonds. The Kier molecular flexibility index (Phi) is 4.84. The number of anilines is 2. The summed E-state index contributed by atoms with van der Waals surface area (Å²) in [4.78, 5) is 22.1. The van der Waals surface area contributed by atoms with Crippen molar-refractivity contribution in [2.75, 3.05) is 24.2 Å². The van der Waals surface area contributed by atoms with Crippen LogP contribution in [0.1, 0.15) is 6.42 Å². The molecule has 3 rings (SSSR count). The summed E-state index contributed by atoms with van der Waals surface area (Å²) in [6.07, 6.45) is 3.50. The molecule has 0 saturated carbocycles. The molecule has 0 aliphatic rings. The van der Waals surface area contributed by atoms with Gasteiger partial charge in [-0.25, -0.2) is 4.98 Å². The lowest BCUT2D eigenvalue weighted by atomic mass is 10.2. The molecule has 3 N–H and O–H groups in total. The number of para-hydroxylation sites is 1. The molecule has 9 nitrogen and oxygen atoms in total. The molecule has 0 saturated heterocycles. The highest BCUT2D eigenvalue weighted by Crippen LogP contribution is 2.23. The average molecular weight is 340 g/mol. The predicted octanol–water partition coefficient (Wildman–Crippen LogP) is 2.40. The number of nitro groups is 1. The van der Waals surface area contributed by atoms with Gasteiger partial charge in [0.15, 0.2) is 0 Å². The standard InChI is InChI=1S/C16H16N6O3/c17-15-12(22(23)24)10-20-16(21-15)19-8-3-9-25-13-6-1-4-11-5-2-7-18-14(11)13/h1-2,4-7,10H,3,8-9H2,(H3,17,19,20,21). The van der Waals surface area contributed by atoms with E-state index in [1.54, 1.807) is 6.20 Å². The fourth-order valence-corrected chi connectivity index (χ4v) is 2.26. The van der Waals surface area contributed by atoms with E-state index in [0.29, 0.717) is 19.6 Å². The summed E-state index contributed by atoms with van der Waals surface area (Å²) in [6.45, 7) is 1.01. The Morgan fingerprint density at radius 2 is 2.08 bits per heavy atom. The number of nitrogens with one attached hydrogen (secondary N) is 1. The van der Waals surface area contributed by atoms with Crippen LogP contribution in [0.15, 0.2) is 42.7 Å². The smallest absolute Gasteiger partial charge is 0.329 e. The topological polar surface area (TPSA) is 129 Å². The van der Waals surface area contributed by atoms with Crippen LogP contribution >= 0.6 is 0 Å². The number of fused-ring (bicyclic) bond motifs is 1.